The summed E-state index contributed by atoms with van der Waals surface area (Å²) in [6.07, 6.45) is 5.21. The first-order valence-corrected chi connectivity index (χ1v) is 10.3. The number of rotatable bonds is 4. The van der Waals surface area contributed by atoms with Gasteiger partial charge in [-0.2, -0.15) is 0 Å². The Balaban J connectivity index is 1.61. The summed E-state index contributed by atoms with van der Waals surface area (Å²) >= 11 is 0. The highest BCUT2D eigenvalue weighted by Gasteiger charge is 2.51. The molecule has 5 nitrogen and oxygen atoms in total. The van der Waals surface area contributed by atoms with Crippen molar-refractivity contribution >= 4 is 22.8 Å². The highest BCUT2D eigenvalue weighted by atomic mass is 16.5. The van der Waals surface area contributed by atoms with E-state index in [1.54, 1.807) is 6.92 Å². The van der Waals surface area contributed by atoms with E-state index in [-0.39, 0.29) is 29.3 Å². The third-order valence-electron chi connectivity index (χ3n) is 6.30. The van der Waals surface area contributed by atoms with Crippen LogP contribution < -0.4 is 0 Å². The first kappa shape index (κ1) is 19.0. The van der Waals surface area contributed by atoms with E-state index in [2.05, 4.69) is 25.7 Å². The largest absolute Gasteiger partial charge is 0.465 e. The fraction of sp³-hybridized carbons (Fsp3) is 0.565. The van der Waals surface area contributed by atoms with Crippen molar-refractivity contribution in [3.63, 3.8) is 0 Å². The molecule has 2 unspecified atom stereocenters. The van der Waals surface area contributed by atoms with Crippen LogP contribution in [0.15, 0.2) is 30.5 Å². The number of carbonyl (C=O) groups excluding carboxylic acids is 2. The molecule has 2 atom stereocenters. The molecule has 150 valence electrons. The van der Waals surface area contributed by atoms with Gasteiger partial charge in [-0.3, -0.25) is 9.59 Å². The second-order valence-electron chi connectivity index (χ2n) is 9.67. The molecule has 0 spiro atoms. The molecule has 2 fully saturated rings. The van der Waals surface area contributed by atoms with E-state index in [1.165, 1.54) is 6.42 Å². The summed E-state index contributed by atoms with van der Waals surface area (Å²) in [7, 11) is 0. The number of hydrogen-bond donors (Lipinski definition) is 0. The number of hydrogen-bond acceptors (Lipinski definition) is 3. The van der Waals surface area contributed by atoms with Crippen LogP contribution in [0.25, 0.3) is 10.9 Å². The summed E-state index contributed by atoms with van der Waals surface area (Å²) in [5, 5.41) is 1.02. The lowest BCUT2D eigenvalue weighted by Gasteiger charge is -2.39. The zero-order valence-electron chi connectivity index (χ0n) is 17.3. The maximum atomic E-state index is 13.4. The van der Waals surface area contributed by atoms with Crippen molar-refractivity contribution in [1.82, 2.24) is 9.47 Å². The molecule has 5 heteroatoms. The van der Waals surface area contributed by atoms with Crippen molar-refractivity contribution < 1.29 is 14.3 Å². The molecule has 0 N–H and O–H groups in total. The van der Waals surface area contributed by atoms with Crippen molar-refractivity contribution in [1.29, 1.82) is 0 Å². The normalized spacial score (nSPS) is 25.9. The Kier molecular flexibility index (Phi) is 4.52. The minimum Gasteiger partial charge on any atom is -0.465 e. The summed E-state index contributed by atoms with van der Waals surface area (Å²) in [4.78, 5) is 27.3. The molecule has 1 aliphatic heterocycles. The van der Waals surface area contributed by atoms with Crippen molar-refractivity contribution in [2.24, 2.45) is 10.8 Å². The number of nitrogens with zero attached hydrogens (tertiary/aromatic N) is 2. The monoisotopic (exact) mass is 382 g/mol. The third-order valence-corrected chi connectivity index (χ3v) is 6.30. The molecule has 1 saturated carbocycles. The zero-order valence-corrected chi connectivity index (χ0v) is 17.3. The lowest BCUT2D eigenvalue weighted by Crippen LogP contribution is -2.37. The topological polar surface area (TPSA) is 51.5 Å². The molecule has 2 bridgehead atoms. The van der Waals surface area contributed by atoms with Crippen LogP contribution in [0.3, 0.4) is 0 Å². The first-order chi connectivity index (χ1) is 13.2. The number of amides is 1. The SMILES string of the molecule is CCOC(=O)Cn1ccc2ccc(C(=O)N3CC4(C)CC3CC(C)(C)C4)cc21. The predicted octanol–water partition coefficient (Wildman–Crippen LogP) is 4.25. The first-order valence-electron chi connectivity index (χ1n) is 10.3. The van der Waals surface area contributed by atoms with Crippen LogP contribution in [0.5, 0.6) is 0 Å². The molecule has 0 radical (unpaired) electrons. The van der Waals surface area contributed by atoms with Gasteiger partial charge in [-0.15, -0.1) is 0 Å². The van der Waals surface area contributed by atoms with Crippen molar-refractivity contribution in [3.05, 3.63) is 36.0 Å². The number of fused-ring (bicyclic) bond motifs is 3. The highest BCUT2D eigenvalue weighted by Crippen LogP contribution is 2.52. The van der Waals surface area contributed by atoms with Crippen LogP contribution in [0.2, 0.25) is 0 Å². The Morgan fingerprint density at radius 2 is 1.96 bits per heavy atom. The quantitative estimate of drug-likeness (QED) is 0.743. The van der Waals surface area contributed by atoms with Gasteiger partial charge in [0.1, 0.15) is 6.54 Å². The van der Waals surface area contributed by atoms with E-state index in [4.69, 9.17) is 4.74 Å². The number of ether oxygens (including phenoxy) is 1. The highest BCUT2D eigenvalue weighted by molar-refractivity contribution is 5.98. The molecule has 1 aromatic heterocycles. The smallest absolute Gasteiger partial charge is 0.325 e. The van der Waals surface area contributed by atoms with Crippen LogP contribution in [-0.2, 0) is 16.1 Å². The van der Waals surface area contributed by atoms with Gasteiger partial charge in [0, 0.05) is 29.9 Å². The second-order valence-corrected chi connectivity index (χ2v) is 9.67. The minimum absolute atomic E-state index is 0.109. The fourth-order valence-electron chi connectivity index (χ4n) is 5.66. The Hall–Kier alpha value is -2.30. The van der Waals surface area contributed by atoms with Gasteiger partial charge in [0.2, 0.25) is 0 Å². The minimum atomic E-state index is -0.264. The van der Waals surface area contributed by atoms with E-state index in [9.17, 15) is 9.59 Å². The standard InChI is InChI=1S/C23H30N2O3/c1-5-28-20(26)13-24-9-8-16-6-7-17(10-19(16)24)21(27)25-15-23(4)12-18(25)11-22(2,3)14-23/h6-10,18H,5,11-15H2,1-4H3. The van der Waals surface area contributed by atoms with Crippen LogP contribution in [0.1, 0.15) is 57.3 Å². The number of carbonyl (C=O) groups is 2. The van der Waals surface area contributed by atoms with E-state index in [0.29, 0.717) is 18.2 Å². The van der Waals surface area contributed by atoms with Gasteiger partial charge in [0.15, 0.2) is 0 Å². The summed E-state index contributed by atoms with van der Waals surface area (Å²) in [5.74, 6) is -0.155. The van der Waals surface area contributed by atoms with Gasteiger partial charge >= 0.3 is 5.97 Å². The van der Waals surface area contributed by atoms with Crippen LogP contribution in [-0.4, -0.2) is 40.5 Å². The summed E-state index contributed by atoms with van der Waals surface area (Å²) in [6, 6.07) is 8.10. The average Bonchev–Trinajstić information content (AvgIpc) is 3.11. The van der Waals surface area contributed by atoms with Crippen molar-refractivity contribution in [2.75, 3.05) is 13.2 Å². The Labute approximate surface area is 166 Å². The maximum Gasteiger partial charge on any atom is 0.325 e. The molecule has 1 aliphatic carbocycles. The van der Waals surface area contributed by atoms with E-state index < -0.39 is 0 Å². The molecule has 2 heterocycles. The number of benzene rings is 1. The molecule has 1 saturated heterocycles. The second kappa shape index (κ2) is 6.64. The van der Waals surface area contributed by atoms with Crippen molar-refractivity contribution in [2.45, 2.75) is 59.5 Å². The van der Waals surface area contributed by atoms with Crippen molar-refractivity contribution in [3.8, 4) is 0 Å². The molecular weight excluding hydrogens is 352 g/mol. The molecule has 4 rings (SSSR count). The fourth-order valence-corrected chi connectivity index (χ4v) is 5.66. The van der Waals surface area contributed by atoms with E-state index >= 15 is 0 Å². The van der Waals surface area contributed by atoms with Gasteiger partial charge in [0.05, 0.1) is 6.61 Å². The summed E-state index contributed by atoms with van der Waals surface area (Å²) < 4.78 is 6.92. The lowest BCUT2D eigenvalue weighted by molar-refractivity contribution is -0.143. The van der Waals surface area contributed by atoms with E-state index in [1.807, 2.05) is 35.0 Å². The van der Waals surface area contributed by atoms with Gasteiger partial charge in [-0.25, -0.2) is 0 Å². The van der Waals surface area contributed by atoms with Gasteiger partial charge in [0.25, 0.3) is 5.91 Å². The average molecular weight is 383 g/mol. The summed E-state index contributed by atoms with van der Waals surface area (Å²) in [6.45, 7) is 10.1. The Bertz CT molecular complexity index is 929. The molecular formula is C23H30N2O3. The molecule has 2 aliphatic rings. The van der Waals surface area contributed by atoms with E-state index in [0.717, 1.165) is 30.3 Å². The third kappa shape index (κ3) is 3.43. The van der Waals surface area contributed by atoms with Gasteiger partial charge < -0.3 is 14.2 Å². The lowest BCUT2D eigenvalue weighted by atomic mass is 9.65. The molecule has 2 aromatic rings. The van der Waals surface area contributed by atoms with Crippen LogP contribution in [0.4, 0.5) is 0 Å². The van der Waals surface area contributed by atoms with Gasteiger partial charge in [-0.1, -0.05) is 26.8 Å². The number of aromatic nitrogens is 1. The number of esters is 1. The van der Waals surface area contributed by atoms with Crippen LogP contribution >= 0.6 is 0 Å². The maximum absolute atomic E-state index is 13.4. The Morgan fingerprint density at radius 3 is 2.71 bits per heavy atom. The molecule has 28 heavy (non-hydrogen) atoms. The predicted molar refractivity (Wildman–Crippen MR) is 109 cm³/mol. The number of likely N-dealkylation sites (tertiary alicyclic amines) is 1. The van der Waals surface area contributed by atoms with Crippen LogP contribution in [0, 0.1) is 10.8 Å². The Morgan fingerprint density at radius 1 is 1.18 bits per heavy atom. The molecule has 1 aromatic carbocycles. The summed E-state index contributed by atoms with van der Waals surface area (Å²) in [5.41, 5.74) is 2.10. The van der Waals surface area contributed by atoms with Gasteiger partial charge in [-0.05, 0) is 60.6 Å². The zero-order chi connectivity index (χ0) is 20.1. The molecule has 1 amide bonds.